The molecule has 0 spiro atoms. The van der Waals surface area contributed by atoms with Crippen molar-refractivity contribution < 1.29 is 9.47 Å². The van der Waals surface area contributed by atoms with Gasteiger partial charge in [-0.15, -0.1) is 4.91 Å². The summed E-state index contributed by atoms with van der Waals surface area (Å²) < 4.78 is 11.5. The first-order valence-corrected chi connectivity index (χ1v) is 8.17. The zero-order valence-corrected chi connectivity index (χ0v) is 15.7. The van der Waals surface area contributed by atoms with Gasteiger partial charge in [0.2, 0.25) is 0 Å². The van der Waals surface area contributed by atoms with E-state index in [-0.39, 0.29) is 5.54 Å². The van der Waals surface area contributed by atoms with Gasteiger partial charge in [-0.3, -0.25) is 5.01 Å². The number of hydrogen-bond donors (Lipinski definition) is 0. The average molecular weight is 394 g/mol. The number of halogens is 2. The molecule has 0 saturated carbocycles. The van der Waals surface area contributed by atoms with Crippen LogP contribution in [0.3, 0.4) is 0 Å². The highest BCUT2D eigenvalue weighted by Gasteiger charge is 2.22. The molecule has 0 heterocycles. The van der Waals surface area contributed by atoms with Crippen molar-refractivity contribution in [3.63, 3.8) is 0 Å². The Kier molecular flexibility index (Phi) is 7.59. The van der Waals surface area contributed by atoms with E-state index >= 15 is 0 Å². The fourth-order valence-electron chi connectivity index (χ4n) is 1.74. The molecule has 0 aromatic heterocycles. The Bertz CT molecular complexity index is 506. The number of nitroso groups, excluding NO2 is 1. The van der Waals surface area contributed by atoms with Crippen molar-refractivity contribution in [1.29, 1.82) is 0 Å². The first kappa shape index (κ1) is 19.2. The van der Waals surface area contributed by atoms with E-state index in [1.807, 2.05) is 26.8 Å². The molecule has 0 saturated heterocycles. The summed E-state index contributed by atoms with van der Waals surface area (Å²) in [5.74, 6) is 0.593. The van der Waals surface area contributed by atoms with Gasteiger partial charge in [0, 0.05) is 24.6 Å². The predicted octanol–water partition coefficient (Wildman–Crippen LogP) is 4.80. The number of methoxy groups -OCH3 is 1. The minimum atomic E-state index is -0.361. The summed E-state index contributed by atoms with van der Waals surface area (Å²) in [5, 5.41) is 5.11. The Balaban J connectivity index is 2.88. The highest BCUT2D eigenvalue weighted by Crippen LogP contribution is 2.33. The molecular formula is C15H22BrClN2O3. The van der Waals surface area contributed by atoms with Crippen LogP contribution in [0, 0.1) is 4.91 Å². The maximum absolute atomic E-state index is 11.1. The normalized spacial score (nSPS) is 11.4. The van der Waals surface area contributed by atoms with E-state index in [0.29, 0.717) is 30.5 Å². The van der Waals surface area contributed by atoms with Gasteiger partial charge in [0.15, 0.2) is 0 Å². The molecule has 0 fully saturated rings. The van der Waals surface area contributed by atoms with Crippen LogP contribution in [0.4, 0.5) is 0 Å². The fraction of sp³-hybridized carbons (Fsp3) is 0.600. The van der Waals surface area contributed by atoms with Gasteiger partial charge in [-0.05, 0) is 38.5 Å². The van der Waals surface area contributed by atoms with E-state index < -0.39 is 0 Å². The maximum Gasteiger partial charge on any atom is 0.138 e. The maximum atomic E-state index is 11.1. The Morgan fingerprint density at radius 2 is 2.00 bits per heavy atom. The third kappa shape index (κ3) is 5.74. The number of rotatable bonds is 8. The molecule has 1 rings (SSSR count). The van der Waals surface area contributed by atoms with Crippen molar-refractivity contribution in [2.45, 2.75) is 39.3 Å². The van der Waals surface area contributed by atoms with Crippen LogP contribution in [0.15, 0.2) is 21.9 Å². The van der Waals surface area contributed by atoms with Crippen molar-refractivity contribution in [3.8, 4) is 5.75 Å². The van der Waals surface area contributed by atoms with Crippen LogP contribution >= 0.6 is 27.5 Å². The minimum absolute atomic E-state index is 0.361. The Hall–Kier alpha value is -0.850. The van der Waals surface area contributed by atoms with Crippen LogP contribution in [0.1, 0.15) is 32.8 Å². The van der Waals surface area contributed by atoms with Crippen LogP contribution in [-0.2, 0) is 11.3 Å². The van der Waals surface area contributed by atoms with Crippen LogP contribution in [0.5, 0.6) is 5.75 Å². The smallest absolute Gasteiger partial charge is 0.138 e. The summed E-state index contributed by atoms with van der Waals surface area (Å²) in [5.41, 5.74) is 0.529. The topological polar surface area (TPSA) is 51.1 Å². The molecule has 7 heteroatoms. The summed E-state index contributed by atoms with van der Waals surface area (Å²) in [4.78, 5) is 11.1. The van der Waals surface area contributed by atoms with E-state index in [9.17, 15) is 4.91 Å². The SMILES string of the molecule is COCCCOc1cc(CN(N=O)C(C)(C)C)c(Br)cc1Cl. The van der Waals surface area contributed by atoms with Gasteiger partial charge < -0.3 is 9.47 Å². The van der Waals surface area contributed by atoms with Crippen LogP contribution in [-0.4, -0.2) is 30.9 Å². The molecule has 0 aliphatic rings. The fourth-order valence-corrected chi connectivity index (χ4v) is 2.56. The number of nitrogens with zero attached hydrogens (tertiary/aromatic N) is 2. The quantitative estimate of drug-likeness (QED) is 0.362. The van der Waals surface area contributed by atoms with Crippen LogP contribution < -0.4 is 4.74 Å². The molecule has 1 aromatic rings. The van der Waals surface area contributed by atoms with Crippen molar-refractivity contribution in [2.24, 2.45) is 5.29 Å². The lowest BCUT2D eigenvalue weighted by atomic mass is 10.1. The molecule has 0 unspecified atom stereocenters. The van der Waals surface area contributed by atoms with Crippen molar-refractivity contribution in [1.82, 2.24) is 5.01 Å². The zero-order valence-electron chi connectivity index (χ0n) is 13.4. The predicted molar refractivity (Wildman–Crippen MR) is 92.2 cm³/mol. The highest BCUT2D eigenvalue weighted by atomic mass is 79.9. The molecule has 22 heavy (non-hydrogen) atoms. The largest absolute Gasteiger partial charge is 0.492 e. The molecule has 0 aliphatic carbocycles. The van der Waals surface area contributed by atoms with Crippen LogP contribution in [0.25, 0.3) is 0 Å². The van der Waals surface area contributed by atoms with Gasteiger partial charge in [0.25, 0.3) is 0 Å². The summed E-state index contributed by atoms with van der Waals surface area (Å²) >= 11 is 9.66. The zero-order chi connectivity index (χ0) is 16.8. The minimum Gasteiger partial charge on any atom is -0.492 e. The van der Waals surface area contributed by atoms with Crippen molar-refractivity contribution >= 4 is 27.5 Å². The van der Waals surface area contributed by atoms with Gasteiger partial charge in [0.05, 0.1) is 29.0 Å². The summed E-state index contributed by atoms with van der Waals surface area (Å²) in [6, 6.07) is 3.61. The number of hydrogen-bond acceptors (Lipinski definition) is 4. The molecule has 0 amide bonds. The molecule has 0 aliphatic heterocycles. The van der Waals surface area contributed by atoms with E-state index in [0.717, 1.165) is 16.5 Å². The standard InChI is InChI=1S/C15H22BrClN2O3/c1-15(2,3)19(18-20)10-11-8-14(13(17)9-12(11)16)22-7-5-6-21-4/h8-9H,5-7,10H2,1-4H3. The van der Waals surface area contributed by atoms with Crippen molar-refractivity contribution in [3.05, 3.63) is 32.1 Å². The lowest BCUT2D eigenvalue weighted by Crippen LogP contribution is -2.36. The third-order valence-electron chi connectivity index (χ3n) is 3.04. The molecular weight excluding hydrogens is 372 g/mol. The number of ether oxygens (including phenoxy) is 2. The van der Waals surface area contributed by atoms with Gasteiger partial charge in [0.1, 0.15) is 5.75 Å². The Morgan fingerprint density at radius 3 is 2.55 bits per heavy atom. The van der Waals surface area contributed by atoms with Crippen LogP contribution in [0.2, 0.25) is 5.02 Å². The second-order valence-corrected chi connectivity index (χ2v) is 7.14. The summed E-state index contributed by atoms with van der Waals surface area (Å²) in [7, 11) is 1.65. The number of benzene rings is 1. The summed E-state index contributed by atoms with van der Waals surface area (Å²) in [6.45, 7) is 7.32. The van der Waals surface area contributed by atoms with Gasteiger partial charge in [-0.2, -0.15) is 0 Å². The molecule has 0 N–H and O–H groups in total. The Morgan fingerprint density at radius 1 is 1.32 bits per heavy atom. The van der Waals surface area contributed by atoms with Gasteiger partial charge in [-0.1, -0.05) is 27.5 Å². The van der Waals surface area contributed by atoms with Gasteiger partial charge >= 0.3 is 0 Å². The molecule has 0 bridgehead atoms. The molecule has 0 atom stereocenters. The molecule has 5 nitrogen and oxygen atoms in total. The lowest BCUT2D eigenvalue weighted by molar-refractivity contribution is 0.130. The monoisotopic (exact) mass is 392 g/mol. The first-order valence-electron chi connectivity index (χ1n) is 7.00. The first-order chi connectivity index (χ1) is 10.3. The highest BCUT2D eigenvalue weighted by molar-refractivity contribution is 9.10. The van der Waals surface area contributed by atoms with Crippen molar-refractivity contribution in [2.75, 3.05) is 20.3 Å². The summed E-state index contributed by atoms with van der Waals surface area (Å²) in [6.07, 6.45) is 0.780. The van der Waals surface area contributed by atoms with E-state index in [4.69, 9.17) is 21.1 Å². The van der Waals surface area contributed by atoms with E-state index in [1.54, 1.807) is 13.2 Å². The van der Waals surface area contributed by atoms with Gasteiger partial charge in [-0.25, -0.2) is 0 Å². The second-order valence-electron chi connectivity index (χ2n) is 5.88. The lowest BCUT2D eigenvalue weighted by Gasteiger charge is -2.30. The molecule has 124 valence electrons. The van der Waals surface area contributed by atoms with E-state index in [1.165, 1.54) is 5.01 Å². The molecule has 0 radical (unpaired) electrons. The molecule has 1 aromatic carbocycles. The third-order valence-corrected chi connectivity index (χ3v) is 4.08. The second kappa shape index (κ2) is 8.70. The Labute approximate surface area is 145 Å². The van der Waals surface area contributed by atoms with E-state index in [2.05, 4.69) is 21.2 Å². The average Bonchev–Trinajstić information content (AvgIpc) is 2.43.